The number of tetrazole rings is 1. The summed E-state index contributed by atoms with van der Waals surface area (Å²) in [6.45, 7) is 5.09. The predicted octanol–water partition coefficient (Wildman–Crippen LogP) is 3.04. The van der Waals surface area contributed by atoms with E-state index in [1.165, 1.54) is 5.56 Å². The number of hydrogen-bond acceptors (Lipinski definition) is 5. The van der Waals surface area contributed by atoms with Crippen molar-refractivity contribution in [1.29, 1.82) is 0 Å². The molecule has 0 atom stereocenters. The third kappa shape index (κ3) is 3.71. The molecule has 1 aromatic heterocycles. The lowest BCUT2D eigenvalue weighted by atomic mass is 10.1. The average Bonchev–Trinajstić information content (AvgIpc) is 3.07. The minimum Gasteiger partial charge on any atom is -0.497 e. The Morgan fingerprint density at radius 3 is 2.79 bits per heavy atom. The molecule has 0 aliphatic rings. The lowest BCUT2D eigenvalue weighted by Crippen LogP contribution is -2.11. The van der Waals surface area contributed by atoms with Crippen LogP contribution >= 0.6 is 0 Å². The summed E-state index contributed by atoms with van der Waals surface area (Å²) in [5.41, 5.74) is 3.16. The van der Waals surface area contributed by atoms with Crippen molar-refractivity contribution in [1.82, 2.24) is 20.2 Å². The maximum Gasteiger partial charge on any atom is 0.205 e. The molecule has 24 heavy (non-hydrogen) atoms. The van der Waals surface area contributed by atoms with Crippen LogP contribution in [-0.2, 0) is 6.54 Å². The van der Waals surface area contributed by atoms with Gasteiger partial charge in [0.05, 0.1) is 13.7 Å². The van der Waals surface area contributed by atoms with E-state index in [9.17, 15) is 0 Å². The second-order valence-corrected chi connectivity index (χ2v) is 5.56. The van der Waals surface area contributed by atoms with E-state index in [-0.39, 0.29) is 0 Å². The number of aromatic nitrogens is 4. The summed E-state index contributed by atoms with van der Waals surface area (Å²) in [7, 11) is 1.63. The van der Waals surface area contributed by atoms with Crippen LogP contribution in [0.4, 0.5) is 0 Å². The van der Waals surface area contributed by atoms with E-state index in [4.69, 9.17) is 9.47 Å². The maximum atomic E-state index is 5.82. The van der Waals surface area contributed by atoms with Crippen molar-refractivity contribution in [3.05, 3.63) is 53.6 Å². The van der Waals surface area contributed by atoms with Gasteiger partial charge in [-0.05, 0) is 48.4 Å². The van der Waals surface area contributed by atoms with Crippen LogP contribution in [0, 0.1) is 13.8 Å². The highest BCUT2D eigenvalue weighted by molar-refractivity contribution is 5.56. The van der Waals surface area contributed by atoms with E-state index < -0.39 is 0 Å². The summed E-state index contributed by atoms with van der Waals surface area (Å²) in [5.74, 6) is 2.23. The van der Waals surface area contributed by atoms with Crippen LogP contribution in [0.3, 0.4) is 0 Å². The monoisotopic (exact) mass is 324 g/mol. The van der Waals surface area contributed by atoms with E-state index >= 15 is 0 Å². The van der Waals surface area contributed by atoms with Gasteiger partial charge in [0.1, 0.15) is 18.1 Å². The zero-order valence-electron chi connectivity index (χ0n) is 14.1. The summed E-state index contributed by atoms with van der Waals surface area (Å²) in [6, 6.07) is 13.8. The molecule has 3 aromatic rings. The minimum atomic E-state index is 0.484. The molecule has 0 aliphatic heterocycles. The summed E-state index contributed by atoms with van der Waals surface area (Å²) >= 11 is 0. The maximum absolute atomic E-state index is 5.82. The molecular formula is C18H20N4O2. The van der Waals surface area contributed by atoms with Crippen molar-refractivity contribution in [3.63, 3.8) is 0 Å². The van der Waals surface area contributed by atoms with E-state index in [1.807, 2.05) is 44.2 Å². The molecule has 124 valence electrons. The molecule has 1 heterocycles. The summed E-state index contributed by atoms with van der Waals surface area (Å²) < 4.78 is 11.0. The number of aryl methyl sites for hydroxylation is 2. The molecule has 6 heteroatoms. The minimum absolute atomic E-state index is 0.484. The number of hydrogen-bond donors (Lipinski definition) is 0. The van der Waals surface area contributed by atoms with Gasteiger partial charge in [0, 0.05) is 5.56 Å². The number of benzene rings is 2. The highest BCUT2D eigenvalue weighted by Crippen LogP contribution is 2.20. The fourth-order valence-corrected chi connectivity index (χ4v) is 2.32. The molecule has 0 saturated heterocycles. The van der Waals surface area contributed by atoms with Crippen LogP contribution in [0.15, 0.2) is 42.5 Å². The van der Waals surface area contributed by atoms with E-state index in [2.05, 4.69) is 27.5 Å². The van der Waals surface area contributed by atoms with E-state index in [0.717, 1.165) is 22.6 Å². The third-order valence-corrected chi connectivity index (χ3v) is 3.67. The van der Waals surface area contributed by atoms with Crippen molar-refractivity contribution >= 4 is 0 Å². The Kier molecular flexibility index (Phi) is 4.74. The van der Waals surface area contributed by atoms with Crippen LogP contribution < -0.4 is 9.47 Å². The van der Waals surface area contributed by atoms with Gasteiger partial charge >= 0.3 is 0 Å². The van der Waals surface area contributed by atoms with Crippen molar-refractivity contribution in [2.75, 3.05) is 13.7 Å². The van der Waals surface area contributed by atoms with Crippen molar-refractivity contribution in [2.24, 2.45) is 0 Å². The second-order valence-electron chi connectivity index (χ2n) is 5.56. The molecule has 0 radical (unpaired) electrons. The Hall–Kier alpha value is -2.89. The molecule has 0 N–H and O–H groups in total. The standard InChI is InChI=1S/C18H20N4O2/c1-13-7-8-14(2)17(11-13)24-10-9-22-20-18(19-21-22)15-5-4-6-16(12-15)23-3/h4-8,11-12H,9-10H2,1-3H3. The van der Waals surface area contributed by atoms with Gasteiger partial charge in [-0.3, -0.25) is 0 Å². The van der Waals surface area contributed by atoms with Gasteiger partial charge in [0.15, 0.2) is 0 Å². The van der Waals surface area contributed by atoms with Crippen LogP contribution in [0.1, 0.15) is 11.1 Å². The summed E-state index contributed by atoms with van der Waals surface area (Å²) in [6.07, 6.45) is 0. The molecular weight excluding hydrogens is 304 g/mol. The van der Waals surface area contributed by atoms with Gasteiger partial charge in [-0.15, -0.1) is 10.2 Å². The van der Waals surface area contributed by atoms with Crippen LogP contribution in [0.5, 0.6) is 11.5 Å². The molecule has 0 spiro atoms. The molecule has 0 unspecified atom stereocenters. The van der Waals surface area contributed by atoms with E-state index in [0.29, 0.717) is 19.0 Å². The topological polar surface area (TPSA) is 62.1 Å². The first kappa shape index (κ1) is 16.0. The Labute approximate surface area is 141 Å². The van der Waals surface area contributed by atoms with Gasteiger partial charge < -0.3 is 9.47 Å². The Balaban J connectivity index is 1.63. The molecule has 0 aliphatic carbocycles. The quantitative estimate of drug-likeness (QED) is 0.697. The highest BCUT2D eigenvalue weighted by atomic mass is 16.5. The van der Waals surface area contributed by atoms with Gasteiger partial charge in [-0.2, -0.15) is 4.80 Å². The van der Waals surface area contributed by atoms with Crippen LogP contribution in [0.25, 0.3) is 11.4 Å². The van der Waals surface area contributed by atoms with Gasteiger partial charge in [0.2, 0.25) is 5.82 Å². The second kappa shape index (κ2) is 7.12. The number of methoxy groups -OCH3 is 1. The molecule has 0 saturated carbocycles. The first-order valence-electron chi connectivity index (χ1n) is 7.78. The Bertz CT molecular complexity index is 829. The largest absolute Gasteiger partial charge is 0.497 e. The molecule has 3 rings (SSSR count). The van der Waals surface area contributed by atoms with Gasteiger partial charge in [0.25, 0.3) is 0 Å². The van der Waals surface area contributed by atoms with Gasteiger partial charge in [-0.25, -0.2) is 0 Å². The van der Waals surface area contributed by atoms with Crippen LogP contribution in [-0.4, -0.2) is 33.9 Å². The molecule has 0 bridgehead atoms. The predicted molar refractivity (Wildman–Crippen MR) is 91.2 cm³/mol. The molecule has 0 fully saturated rings. The molecule has 0 amide bonds. The fourth-order valence-electron chi connectivity index (χ4n) is 2.32. The lowest BCUT2D eigenvalue weighted by Gasteiger charge is -2.09. The zero-order valence-corrected chi connectivity index (χ0v) is 14.1. The fraction of sp³-hybridized carbons (Fsp3) is 0.278. The Morgan fingerprint density at radius 1 is 1.08 bits per heavy atom. The first-order valence-corrected chi connectivity index (χ1v) is 7.78. The summed E-state index contributed by atoms with van der Waals surface area (Å²) in [4.78, 5) is 1.54. The normalized spacial score (nSPS) is 10.6. The SMILES string of the molecule is COc1cccc(-c2nnn(CCOc3cc(C)ccc3C)n2)c1. The smallest absolute Gasteiger partial charge is 0.205 e. The lowest BCUT2D eigenvalue weighted by molar-refractivity contribution is 0.278. The number of nitrogens with zero attached hydrogens (tertiary/aromatic N) is 4. The number of rotatable bonds is 6. The van der Waals surface area contributed by atoms with Crippen molar-refractivity contribution in [3.8, 4) is 22.9 Å². The van der Waals surface area contributed by atoms with E-state index in [1.54, 1.807) is 11.9 Å². The molecule has 2 aromatic carbocycles. The van der Waals surface area contributed by atoms with Crippen molar-refractivity contribution in [2.45, 2.75) is 20.4 Å². The van der Waals surface area contributed by atoms with Gasteiger partial charge in [-0.1, -0.05) is 24.3 Å². The van der Waals surface area contributed by atoms with Crippen LogP contribution in [0.2, 0.25) is 0 Å². The Morgan fingerprint density at radius 2 is 1.96 bits per heavy atom. The first-order chi connectivity index (χ1) is 11.7. The number of ether oxygens (including phenoxy) is 2. The zero-order chi connectivity index (χ0) is 16.9. The summed E-state index contributed by atoms with van der Waals surface area (Å²) in [5, 5.41) is 12.5. The highest BCUT2D eigenvalue weighted by Gasteiger charge is 2.07. The average molecular weight is 324 g/mol. The van der Waals surface area contributed by atoms with Crippen molar-refractivity contribution < 1.29 is 9.47 Å². The molecule has 6 nitrogen and oxygen atoms in total. The third-order valence-electron chi connectivity index (χ3n) is 3.67.